The van der Waals surface area contributed by atoms with Gasteiger partial charge in [0, 0.05) is 23.2 Å². The Labute approximate surface area is 116 Å². The first-order valence-electron chi connectivity index (χ1n) is 7.19. The highest BCUT2D eigenvalue weighted by Crippen LogP contribution is 2.23. The minimum absolute atomic E-state index is 0.790. The summed E-state index contributed by atoms with van der Waals surface area (Å²) in [6.07, 6.45) is 7.04. The van der Waals surface area contributed by atoms with Gasteiger partial charge in [0.05, 0.1) is 0 Å². The lowest BCUT2D eigenvalue weighted by atomic mass is 9.96. The van der Waals surface area contributed by atoms with Crippen LogP contribution in [0.2, 0.25) is 0 Å². The van der Waals surface area contributed by atoms with E-state index in [9.17, 15) is 0 Å². The van der Waals surface area contributed by atoms with Crippen molar-refractivity contribution in [2.45, 2.75) is 56.9 Å². The van der Waals surface area contributed by atoms with Crippen LogP contribution in [0.3, 0.4) is 0 Å². The first-order valence-corrected chi connectivity index (χ1v) is 8.18. The number of nitrogens with one attached hydrogen (secondary N) is 1. The summed E-state index contributed by atoms with van der Waals surface area (Å²) < 4.78 is 0. The van der Waals surface area contributed by atoms with Crippen LogP contribution in [-0.2, 0) is 0 Å². The monoisotopic (exact) mass is 263 g/mol. The van der Waals surface area contributed by atoms with E-state index in [1.807, 2.05) is 11.8 Å². The lowest BCUT2D eigenvalue weighted by Gasteiger charge is -2.22. The summed E-state index contributed by atoms with van der Waals surface area (Å²) in [4.78, 5) is 1.44. The van der Waals surface area contributed by atoms with Crippen molar-refractivity contribution in [3.8, 4) is 0 Å². The standard InChI is InChI=1S/C16H25NS/c1-13-8-9-16(14(2)12-13)18-11-10-17-15-6-4-3-5-7-15/h8-9,12,15,17H,3-7,10-11H2,1-2H3. The summed E-state index contributed by atoms with van der Waals surface area (Å²) in [6, 6.07) is 7.54. The van der Waals surface area contributed by atoms with Gasteiger partial charge >= 0.3 is 0 Å². The highest BCUT2D eigenvalue weighted by Gasteiger charge is 2.11. The van der Waals surface area contributed by atoms with Gasteiger partial charge in [-0.15, -0.1) is 11.8 Å². The van der Waals surface area contributed by atoms with E-state index in [0.29, 0.717) is 0 Å². The summed E-state index contributed by atoms with van der Waals surface area (Å²) in [7, 11) is 0. The van der Waals surface area contributed by atoms with Crippen LogP contribution in [0.1, 0.15) is 43.2 Å². The molecule has 0 saturated heterocycles. The molecule has 1 aliphatic carbocycles. The molecule has 18 heavy (non-hydrogen) atoms. The zero-order valence-electron chi connectivity index (χ0n) is 11.7. The van der Waals surface area contributed by atoms with E-state index in [1.54, 1.807) is 0 Å². The maximum absolute atomic E-state index is 3.70. The molecule has 1 aliphatic rings. The van der Waals surface area contributed by atoms with Crippen molar-refractivity contribution in [1.29, 1.82) is 0 Å². The Bertz CT molecular complexity index is 369. The maximum atomic E-state index is 3.70. The fraction of sp³-hybridized carbons (Fsp3) is 0.625. The molecule has 1 fully saturated rings. The largest absolute Gasteiger partial charge is 0.313 e. The van der Waals surface area contributed by atoms with Gasteiger partial charge in [0.15, 0.2) is 0 Å². The molecular formula is C16H25NS. The van der Waals surface area contributed by atoms with Crippen LogP contribution < -0.4 is 5.32 Å². The minimum atomic E-state index is 0.790. The van der Waals surface area contributed by atoms with E-state index >= 15 is 0 Å². The maximum Gasteiger partial charge on any atom is 0.0106 e. The number of aryl methyl sites for hydroxylation is 2. The molecule has 0 aliphatic heterocycles. The molecule has 2 heteroatoms. The van der Waals surface area contributed by atoms with Gasteiger partial charge in [-0.05, 0) is 38.3 Å². The highest BCUT2D eigenvalue weighted by molar-refractivity contribution is 7.99. The molecular weight excluding hydrogens is 238 g/mol. The van der Waals surface area contributed by atoms with Gasteiger partial charge in [-0.25, -0.2) is 0 Å². The van der Waals surface area contributed by atoms with Crippen molar-refractivity contribution in [3.05, 3.63) is 29.3 Å². The summed E-state index contributed by atoms with van der Waals surface area (Å²) >= 11 is 1.98. The Morgan fingerprint density at radius 3 is 2.67 bits per heavy atom. The number of hydrogen-bond acceptors (Lipinski definition) is 2. The second-order valence-electron chi connectivity index (χ2n) is 5.41. The SMILES string of the molecule is Cc1ccc(SCCNC2CCCCC2)c(C)c1. The smallest absolute Gasteiger partial charge is 0.0106 e. The van der Waals surface area contributed by atoms with Gasteiger partial charge in [-0.1, -0.05) is 37.0 Å². The molecule has 1 N–H and O–H groups in total. The highest BCUT2D eigenvalue weighted by atomic mass is 32.2. The lowest BCUT2D eigenvalue weighted by molar-refractivity contribution is 0.381. The normalized spacial score (nSPS) is 17.0. The van der Waals surface area contributed by atoms with Gasteiger partial charge in [0.1, 0.15) is 0 Å². The second kappa shape index (κ2) is 7.20. The van der Waals surface area contributed by atoms with E-state index in [4.69, 9.17) is 0 Å². The van der Waals surface area contributed by atoms with Gasteiger partial charge < -0.3 is 5.32 Å². The fourth-order valence-corrected chi connectivity index (χ4v) is 3.58. The molecule has 1 aromatic carbocycles. The second-order valence-corrected chi connectivity index (χ2v) is 6.54. The number of rotatable bonds is 5. The van der Waals surface area contributed by atoms with E-state index < -0.39 is 0 Å². The summed E-state index contributed by atoms with van der Waals surface area (Å²) in [5, 5.41) is 3.70. The Morgan fingerprint density at radius 2 is 1.94 bits per heavy atom. The Morgan fingerprint density at radius 1 is 1.17 bits per heavy atom. The van der Waals surface area contributed by atoms with E-state index in [0.717, 1.165) is 12.6 Å². The van der Waals surface area contributed by atoms with Crippen LogP contribution in [0.25, 0.3) is 0 Å². The summed E-state index contributed by atoms with van der Waals surface area (Å²) in [6.45, 7) is 5.51. The number of hydrogen-bond donors (Lipinski definition) is 1. The number of benzene rings is 1. The third kappa shape index (κ3) is 4.33. The average molecular weight is 263 g/mol. The molecule has 1 nitrogen and oxygen atoms in total. The molecule has 0 radical (unpaired) electrons. The molecule has 0 unspecified atom stereocenters. The van der Waals surface area contributed by atoms with E-state index in [1.165, 1.54) is 53.9 Å². The summed E-state index contributed by atoms with van der Waals surface area (Å²) in [5.41, 5.74) is 2.77. The van der Waals surface area contributed by atoms with E-state index in [2.05, 4.69) is 37.4 Å². The molecule has 0 aromatic heterocycles. The lowest BCUT2D eigenvalue weighted by Crippen LogP contribution is -2.32. The Balaban J connectivity index is 1.68. The Hall–Kier alpha value is -0.470. The van der Waals surface area contributed by atoms with E-state index in [-0.39, 0.29) is 0 Å². The van der Waals surface area contributed by atoms with Gasteiger partial charge in [-0.3, -0.25) is 0 Å². The number of thioether (sulfide) groups is 1. The van der Waals surface area contributed by atoms with Crippen molar-refractivity contribution < 1.29 is 0 Å². The molecule has 0 amide bonds. The van der Waals surface area contributed by atoms with Crippen LogP contribution >= 0.6 is 11.8 Å². The molecule has 100 valence electrons. The van der Waals surface area contributed by atoms with Crippen molar-refractivity contribution >= 4 is 11.8 Å². The van der Waals surface area contributed by atoms with Gasteiger partial charge in [-0.2, -0.15) is 0 Å². The zero-order valence-corrected chi connectivity index (χ0v) is 12.5. The minimum Gasteiger partial charge on any atom is -0.313 e. The van der Waals surface area contributed by atoms with Crippen LogP contribution in [0.15, 0.2) is 23.1 Å². The molecule has 0 spiro atoms. The molecule has 1 aromatic rings. The average Bonchev–Trinajstić information content (AvgIpc) is 2.38. The Kier molecular flexibility index (Phi) is 5.58. The third-order valence-electron chi connectivity index (χ3n) is 3.73. The van der Waals surface area contributed by atoms with Crippen molar-refractivity contribution in [2.24, 2.45) is 0 Å². The van der Waals surface area contributed by atoms with Crippen molar-refractivity contribution in [1.82, 2.24) is 5.32 Å². The van der Waals surface area contributed by atoms with Crippen LogP contribution in [0.4, 0.5) is 0 Å². The molecule has 0 bridgehead atoms. The summed E-state index contributed by atoms with van der Waals surface area (Å²) in [5.74, 6) is 1.18. The van der Waals surface area contributed by atoms with Gasteiger partial charge in [0.25, 0.3) is 0 Å². The third-order valence-corrected chi connectivity index (χ3v) is 4.91. The zero-order chi connectivity index (χ0) is 12.8. The van der Waals surface area contributed by atoms with Crippen LogP contribution in [0, 0.1) is 13.8 Å². The first kappa shape index (κ1) is 14.0. The fourth-order valence-electron chi connectivity index (χ4n) is 2.69. The van der Waals surface area contributed by atoms with Crippen molar-refractivity contribution in [3.63, 3.8) is 0 Å². The van der Waals surface area contributed by atoms with Crippen LogP contribution in [-0.4, -0.2) is 18.3 Å². The first-order chi connectivity index (χ1) is 8.75. The molecule has 2 rings (SSSR count). The molecule has 1 saturated carbocycles. The molecule has 0 atom stereocenters. The predicted octanol–water partition coefficient (Wildman–Crippen LogP) is 4.32. The quantitative estimate of drug-likeness (QED) is 0.627. The van der Waals surface area contributed by atoms with Gasteiger partial charge in [0.2, 0.25) is 0 Å². The van der Waals surface area contributed by atoms with Crippen molar-refractivity contribution in [2.75, 3.05) is 12.3 Å². The predicted molar refractivity (Wildman–Crippen MR) is 81.5 cm³/mol. The van der Waals surface area contributed by atoms with Crippen LogP contribution in [0.5, 0.6) is 0 Å². The topological polar surface area (TPSA) is 12.0 Å². The molecule has 0 heterocycles.